The number of benzene rings is 1. The van der Waals surface area contributed by atoms with Gasteiger partial charge in [0.05, 0.1) is 12.6 Å². The van der Waals surface area contributed by atoms with Gasteiger partial charge >= 0.3 is 0 Å². The van der Waals surface area contributed by atoms with Crippen LogP contribution in [0.4, 0.5) is 8.78 Å². The van der Waals surface area contributed by atoms with E-state index in [1.54, 1.807) is 4.90 Å². The summed E-state index contributed by atoms with van der Waals surface area (Å²) in [7, 11) is 0. The summed E-state index contributed by atoms with van der Waals surface area (Å²) in [5, 5.41) is 2.59. The molecule has 1 fully saturated rings. The van der Waals surface area contributed by atoms with Gasteiger partial charge in [0.15, 0.2) is 0 Å². The summed E-state index contributed by atoms with van der Waals surface area (Å²) in [5.74, 6) is -1.64. The molecule has 2 atom stereocenters. The van der Waals surface area contributed by atoms with E-state index in [0.717, 1.165) is 6.07 Å². The highest BCUT2D eigenvalue weighted by atomic mass is 19.1. The number of nitrogens with one attached hydrogen (secondary N) is 1. The molecule has 2 rings (SSSR count). The van der Waals surface area contributed by atoms with Crippen molar-refractivity contribution in [3.8, 4) is 0 Å². The van der Waals surface area contributed by atoms with Crippen LogP contribution in [0.1, 0.15) is 38.8 Å². The lowest BCUT2D eigenvalue weighted by Crippen LogP contribution is -2.53. The third-order valence-electron chi connectivity index (χ3n) is 5.25. The Morgan fingerprint density at radius 3 is 2.36 bits per heavy atom. The molecule has 8 heteroatoms. The molecule has 1 heterocycles. The van der Waals surface area contributed by atoms with Crippen LogP contribution in [0.5, 0.6) is 0 Å². The minimum Gasteiger partial charge on any atom is -0.346 e. The lowest BCUT2D eigenvalue weighted by atomic mass is 10.0. The summed E-state index contributed by atoms with van der Waals surface area (Å²) in [5.41, 5.74) is 6.24. The van der Waals surface area contributed by atoms with Crippen molar-refractivity contribution >= 4 is 11.8 Å². The molecule has 2 amide bonds. The molecule has 1 aliphatic heterocycles. The van der Waals surface area contributed by atoms with Gasteiger partial charge in [-0.05, 0) is 18.4 Å². The zero-order chi connectivity index (χ0) is 20.8. The monoisotopic (exact) mass is 396 g/mol. The van der Waals surface area contributed by atoms with Crippen LogP contribution in [0, 0.1) is 17.6 Å². The average molecular weight is 396 g/mol. The molecule has 0 aliphatic carbocycles. The molecule has 0 aromatic heterocycles. The van der Waals surface area contributed by atoms with E-state index in [-0.39, 0.29) is 30.3 Å². The van der Waals surface area contributed by atoms with E-state index in [1.807, 2.05) is 20.8 Å². The van der Waals surface area contributed by atoms with Gasteiger partial charge in [0.25, 0.3) is 0 Å². The number of nitrogens with two attached hydrogens (primary N) is 1. The van der Waals surface area contributed by atoms with E-state index in [4.69, 9.17) is 5.73 Å². The van der Waals surface area contributed by atoms with Crippen molar-refractivity contribution in [2.24, 2.45) is 11.7 Å². The molecule has 28 heavy (non-hydrogen) atoms. The van der Waals surface area contributed by atoms with Crippen LogP contribution < -0.4 is 11.1 Å². The number of carbonyl (C=O) groups is 2. The Balaban J connectivity index is 1.89. The van der Waals surface area contributed by atoms with Crippen molar-refractivity contribution in [2.75, 3.05) is 32.7 Å². The topological polar surface area (TPSA) is 78.7 Å². The SMILES string of the molecule is CCC(c1ccc(F)cc1F)N1CCN(C(=O)CNC(=O)[C@@H](N)C(C)C)CC1. The maximum absolute atomic E-state index is 14.2. The molecule has 1 unspecified atom stereocenters. The maximum atomic E-state index is 14.2. The Kier molecular flexibility index (Phi) is 7.88. The molecule has 156 valence electrons. The Bertz CT molecular complexity index is 691. The number of nitrogens with zero attached hydrogens (tertiary/aromatic N) is 2. The van der Waals surface area contributed by atoms with Gasteiger partial charge in [-0.3, -0.25) is 14.5 Å². The fourth-order valence-corrected chi connectivity index (χ4v) is 3.42. The lowest BCUT2D eigenvalue weighted by molar-refractivity contribution is -0.135. The van der Waals surface area contributed by atoms with Gasteiger partial charge in [-0.1, -0.05) is 26.8 Å². The molecular weight excluding hydrogens is 366 g/mol. The van der Waals surface area contributed by atoms with E-state index in [0.29, 0.717) is 38.2 Å². The average Bonchev–Trinajstić information content (AvgIpc) is 2.67. The second-order valence-electron chi connectivity index (χ2n) is 7.49. The molecule has 1 aromatic rings. The Labute approximate surface area is 165 Å². The molecule has 3 N–H and O–H groups in total. The van der Waals surface area contributed by atoms with Crippen LogP contribution in [0.15, 0.2) is 18.2 Å². The van der Waals surface area contributed by atoms with Crippen LogP contribution in [0.3, 0.4) is 0 Å². The number of halogens is 2. The highest BCUT2D eigenvalue weighted by Gasteiger charge is 2.28. The van der Waals surface area contributed by atoms with Crippen molar-refractivity contribution in [3.05, 3.63) is 35.4 Å². The van der Waals surface area contributed by atoms with Gasteiger partial charge in [0, 0.05) is 43.9 Å². The molecular formula is C20H30F2N4O2. The normalized spacial score (nSPS) is 17.5. The number of hydrogen-bond acceptors (Lipinski definition) is 4. The molecule has 0 saturated carbocycles. The van der Waals surface area contributed by atoms with Crippen LogP contribution in [0.25, 0.3) is 0 Å². The summed E-state index contributed by atoms with van der Waals surface area (Å²) in [6.45, 7) is 7.72. The zero-order valence-electron chi connectivity index (χ0n) is 16.8. The highest BCUT2D eigenvalue weighted by Crippen LogP contribution is 2.28. The van der Waals surface area contributed by atoms with Gasteiger partial charge < -0.3 is 16.0 Å². The standard InChI is InChI=1S/C20H30F2N4O2/c1-4-17(15-6-5-14(21)11-16(15)22)25-7-9-26(10-8-25)18(27)12-24-20(28)19(23)13(2)3/h5-6,11,13,17,19H,4,7-10,12,23H2,1-3H3,(H,24,28)/t17?,19-/m0/s1. The van der Waals surface area contributed by atoms with E-state index in [9.17, 15) is 18.4 Å². The molecule has 1 aromatic carbocycles. The smallest absolute Gasteiger partial charge is 0.242 e. The van der Waals surface area contributed by atoms with Crippen LogP contribution in [-0.2, 0) is 9.59 Å². The van der Waals surface area contributed by atoms with E-state index >= 15 is 0 Å². The predicted molar refractivity (Wildman–Crippen MR) is 103 cm³/mol. The van der Waals surface area contributed by atoms with E-state index < -0.39 is 17.7 Å². The van der Waals surface area contributed by atoms with Gasteiger partial charge in [-0.25, -0.2) is 8.78 Å². The minimum atomic E-state index is -0.638. The number of piperazine rings is 1. The van der Waals surface area contributed by atoms with Crippen molar-refractivity contribution in [1.82, 2.24) is 15.1 Å². The first-order valence-corrected chi connectivity index (χ1v) is 9.74. The highest BCUT2D eigenvalue weighted by molar-refractivity contribution is 5.87. The first-order chi connectivity index (χ1) is 13.2. The summed E-state index contributed by atoms with van der Waals surface area (Å²) in [6, 6.07) is 2.86. The number of hydrogen-bond donors (Lipinski definition) is 2. The van der Waals surface area contributed by atoms with Gasteiger partial charge in [0.2, 0.25) is 11.8 Å². The molecule has 0 spiro atoms. The van der Waals surface area contributed by atoms with Gasteiger partial charge in [0.1, 0.15) is 11.6 Å². The second kappa shape index (κ2) is 9.93. The first-order valence-electron chi connectivity index (χ1n) is 9.74. The molecule has 1 saturated heterocycles. The summed E-state index contributed by atoms with van der Waals surface area (Å²) >= 11 is 0. The number of carbonyl (C=O) groups excluding carboxylic acids is 2. The molecule has 0 radical (unpaired) electrons. The molecule has 0 bridgehead atoms. The van der Waals surface area contributed by atoms with Crippen LogP contribution in [0.2, 0.25) is 0 Å². The maximum Gasteiger partial charge on any atom is 0.242 e. The Morgan fingerprint density at radius 1 is 1.18 bits per heavy atom. The first kappa shape index (κ1) is 22.2. The second-order valence-corrected chi connectivity index (χ2v) is 7.49. The van der Waals surface area contributed by atoms with Crippen molar-refractivity contribution in [2.45, 2.75) is 39.3 Å². The fourth-order valence-electron chi connectivity index (χ4n) is 3.42. The van der Waals surface area contributed by atoms with Crippen LogP contribution >= 0.6 is 0 Å². The van der Waals surface area contributed by atoms with Gasteiger partial charge in [-0.2, -0.15) is 0 Å². The largest absolute Gasteiger partial charge is 0.346 e. The zero-order valence-corrected chi connectivity index (χ0v) is 16.8. The lowest BCUT2D eigenvalue weighted by Gasteiger charge is -2.39. The minimum absolute atomic E-state index is 0.00326. The van der Waals surface area contributed by atoms with Crippen molar-refractivity contribution in [3.63, 3.8) is 0 Å². The third kappa shape index (κ3) is 5.48. The Hall–Kier alpha value is -2.06. The fraction of sp³-hybridized carbons (Fsp3) is 0.600. The van der Waals surface area contributed by atoms with Crippen molar-refractivity contribution < 1.29 is 18.4 Å². The van der Waals surface area contributed by atoms with Gasteiger partial charge in [-0.15, -0.1) is 0 Å². The van der Waals surface area contributed by atoms with E-state index in [1.165, 1.54) is 12.1 Å². The summed E-state index contributed by atoms with van der Waals surface area (Å²) < 4.78 is 27.3. The number of amides is 2. The molecule has 6 nitrogen and oxygen atoms in total. The summed E-state index contributed by atoms with van der Waals surface area (Å²) in [4.78, 5) is 28.0. The quantitative estimate of drug-likeness (QED) is 0.735. The van der Waals surface area contributed by atoms with Crippen molar-refractivity contribution in [1.29, 1.82) is 0 Å². The summed E-state index contributed by atoms with van der Waals surface area (Å²) in [6.07, 6.45) is 0.680. The van der Waals surface area contributed by atoms with E-state index in [2.05, 4.69) is 10.2 Å². The predicted octanol–water partition coefficient (Wildman–Crippen LogP) is 1.66. The number of rotatable bonds is 7. The Morgan fingerprint density at radius 2 is 1.82 bits per heavy atom. The van der Waals surface area contributed by atoms with Crippen LogP contribution in [-0.4, -0.2) is 60.4 Å². The molecule has 1 aliphatic rings. The third-order valence-corrected chi connectivity index (χ3v) is 5.25.